The predicted octanol–water partition coefficient (Wildman–Crippen LogP) is 1.54. The smallest absolute Gasteiger partial charge is 0.148 e. The van der Waals surface area contributed by atoms with Crippen molar-refractivity contribution in [2.24, 2.45) is 0 Å². The summed E-state index contributed by atoms with van der Waals surface area (Å²) in [7, 11) is -2.86. The van der Waals surface area contributed by atoms with Crippen molar-refractivity contribution in [3.05, 3.63) is 21.3 Å². The van der Waals surface area contributed by atoms with Crippen molar-refractivity contribution in [2.45, 2.75) is 6.54 Å². The Balaban J connectivity index is 2.23. The summed E-state index contributed by atoms with van der Waals surface area (Å²) in [6.07, 6.45) is 1.23. The molecule has 0 bridgehead atoms. The molecule has 0 fully saturated rings. The van der Waals surface area contributed by atoms with Gasteiger partial charge in [0, 0.05) is 29.6 Å². The van der Waals surface area contributed by atoms with Gasteiger partial charge >= 0.3 is 0 Å². The number of hydrogen-bond donors (Lipinski definition) is 1. The third-order valence-electron chi connectivity index (χ3n) is 1.57. The summed E-state index contributed by atoms with van der Waals surface area (Å²) in [5, 5.41) is 5.63. The van der Waals surface area contributed by atoms with E-state index in [-0.39, 0.29) is 5.75 Å². The first-order valence-electron chi connectivity index (χ1n) is 4.09. The van der Waals surface area contributed by atoms with Gasteiger partial charge in [-0.25, -0.2) is 8.42 Å². The summed E-state index contributed by atoms with van der Waals surface area (Å²) in [6.45, 7) is 1.15. The zero-order chi connectivity index (χ0) is 10.6. The fourth-order valence-corrected chi connectivity index (χ4v) is 2.47. The Labute approximate surface area is 93.0 Å². The highest BCUT2D eigenvalue weighted by Crippen LogP contribution is 2.18. The molecule has 1 aromatic heterocycles. The predicted molar refractivity (Wildman–Crippen MR) is 60.7 cm³/mol. The van der Waals surface area contributed by atoms with Gasteiger partial charge in [-0.05, 0) is 6.07 Å². The summed E-state index contributed by atoms with van der Waals surface area (Å²) >= 11 is 7.30. The highest BCUT2D eigenvalue weighted by Gasteiger charge is 2.01. The largest absolute Gasteiger partial charge is 0.311 e. The molecule has 0 aliphatic carbocycles. The van der Waals surface area contributed by atoms with E-state index >= 15 is 0 Å². The maximum atomic E-state index is 10.8. The van der Waals surface area contributed by atoms with Crippen LogP contribution in [0.3, 0.4) is 0 Å². The van der Waals surface area contributed by atoms with Crippen LogP contribution in [0.25, 0.3) is 0 Å². The highest BCUT2D eigenvalue weighted by atomic mass is 35.5. The lowest BCUT2D eigenvalue weighted by molar-refractivity contribution is 0.596. The number of sulfone groups is 1. The Morgan fingerprint density at radius 3 is 2.79 bits per heavy atom. The lowest BCUT2D eigenvalue weighted by Gasteiger charge is -2.00. The van der Waals surface area contributed by atoms with Crippen LogP contribution in [0.1, 0.15) is 4.88 Å². The molecule has 0 aliphatic heterocycles. The minimum Gasteiger partial charge on any atom is -0.311 e. The maximum absolute atomic E-state index is 10.8. The number of hydrogen-bond acceptors (Lipinski definition) is 4. The van der Waals surface area contributed by atoms with Gasteiger partial charge in [-0.1, -0.05) is 11.6 Å². The van der Waals surface area contributed by atoms with E-state index in [9.17, 15) is 8.42 Å². The van der Waals surface area contributed by atoms with E-state index in [1.807, 2.05) is 11.4 Å². The van der Waals surface area contributed by atoms with E-state index in [0.717, 1.165) is 9.90 Å². The van der Waals surface area contributed by atoms with Crippen LogP contribution in [0.5, 0.6) is 0 Å². The monoisotopic (exact) mass is 253 g/mol. The Bertz CT molecular complexity index is 386. The molecule has 1 aromatic rings. The van der Waals surface area contributed by atoms with E-state index in [2.05, 4.69) is 5.32 Å². The summed E-state index contributed by atoms with van der Waals surface area (Å²) in [5.74, 6) is 0.173. The van der Waals surface area contributed by atoms with Crippen molar-refractivity contribution in [1.29, 1.82) is 0 Å². The van der Waals surface area contributed by atoms with Crippen molar-refractivity contribution in [3.8, 4) is 0 Å². The van der Waals surface area contributed by atoms with Gasteiger partial charge in [0.2, 0.25) is 0 Å². The molecule has 1 rings (SSSR count). The lowest BCUT2D eigenvalue weighted by Crippen LogP contribution is -2.21. The Kier molecular flexibility index (Phi) is 4.37. The van der Waals surface area contributed by atoms with E-state index in [4.69, 9.17) is 11.6 Å². The molecule has 0 saturated carbocycles. The van der Waals surface area contributed by atoms with Crippen molar-refractivity contribution >= 4 is 32.8 Å². The van der Waals surface area contributed by atoms with Crippen LogP contribution in [-0.4, -0.2) is 27.0 Å². The molecule has 0 amide bonds. The summed E-state index contributed by atoms with van der Waals surface area (Å²) in [6, 6.07) is 1.87. The standard InChI is InChI=1S/C8H12ClNO2S2/c1-14(11,12)3-2-10-5-8-4-7(9)6-13-8/h4,6,10H,2-3,5H2,1H3. The van der Waals surface area contributed by atoms with Gasteiger partial charge in [0.25, 0.3) is 0 Å². The zero-order valence-electron chi connectivity index (χ0n) is 7.79. The van der Waals surface area contributed by atoms with Gasteiger partial charge in [0.1, 0.15) is 9.84 Å². The molecular weight excluding hydrogens is 242 g/mol. The second-order valence-electron chi connectivity index (χ2n) is 3.04. The summed E-state index contributed by atoms with van der Waals surface area (Å²) in [5.41, 5.74) is 0. The van der Waals surface area contributed by atoms with Crippen LogP contribution in [0.4, 0.5) is 0 Å². The van der Waals surface area contributed by atoms with E-state index in [1.165, 1.54) is 6.26 Å². The first kappa shape index (κ1) is 12.0. The molecule has 0 unspecified atom stereocenters. The van der Waals surface area contributed by atoms with Crippen LogP contribution in [0, 0.1) is 0 Å². The fraction of sp³-hybridized carbons (Fsp3) is 0.500. The van der Waals surface area contributed by atoms with Crippen LogP contribution >= 0.6 is 22.9 Å². The van der Waals surface area contributed by atoms with Gasteiger partial charge in [0.15, 0.2) is 0 Å². The number of halogens is 1. The topological polar surface area (TPSA) is 46.2 Å². The quantitative estimate of drug-likeness (QED) is 0.810. The molecule has 0 atom stereocenters. The molecule has 0 aromatic carbocycles. The molecule has 0 saturated heterocycles. The SMILES string of the molecule is CS(=O)(=O)CCNCc1cc(Cl)cs1. The zero-order valence-corrected chi connectivity index (χ0v) is 10.2. The number of rotatable bonds is 5. The average Bonchev–Trinajstić information content (AvgIpc) is 2.44. The van der Waals surface area contributed by atoms with Gasteiger partial charge < -0.3 is 5.32 Å². The summed E-state index contributed by atoms with van der Waals surface area (Å²) < 4.78 is 21.6. The third kappa shape index (κ3) is 4.95. The Morgan fingerprint density at radius 1 is 1.57 bits per heavy atom. The van der Waals surface area contributed by atoms with Gasteiger partial charge in [-0.3, -0.25) is 0 Å². The van der Waals surface area contributed by atoms with Crippen LogP contribution in [0.2, 0.25) is 5.02 Å². The van der Waals surface area contributed by atoms with Gasteiger partial charge in [-0.15, -0.1) is 11.3 Å². The molecule has 0 radical (unpaired) electrons. The Hall–Kier alpha value is -0.100. The molecule has 80 valence electrons. The Morgan fingerprint density at radius 2 is 2.29 bits per heavy atom. The molecule has 0 aliphatic rings. The minimum absolute atomic E-state index is 0.173. The van der Waals surface area contributed by atoms with Crippen LogP contribution < -0.4 is 5.32 Å². The molecule has 1 N–H and O–H groups in total. The third-order valence-corrected chi connectivity index (χ3v) is 3.80. The van der Waals surface area contributed by atoms with Gasteiger partial charge in [-0.2, -0.15) is 0 Å². The molecule has 14 heavy (non-hydrogen) atoms. The highest BCUT2D eigenvalue weighted by molar-refractivity contribution is 7.90. The van der Waals surface area contributed by atoms with E-state index in [1.54, 1.807) is 11.3 Å². The second kappa shape index (κ2) is 5.11. The first-order chi connectivity index (χ1) is 6.47. The number of nitrogens with one attached hydrogen (secondary N) is 1. The van der Waals surface area contributed by atoms with E-state index in [0.29, 0.717) is 13.1 Å². The summed E-state index contributed by atoms with van der Waals surface area (Å²) in [4.78, 5) is 1.11. The molecule has 6 heteroatoms. The van der Waals surface area contributed by atoms with E-state index < -0.39 is 9.84 Å². The minimum atomic E-state index is -2.86. The van der Waals surface area contributed by atoms with Crippen LogP contribution in [-0.2, 0) is 16.4 Å². The average molecular weight is 254 g/mol. The first-order valence-corrected chi connectivity index (χ1v) is 7.40. The second-order valence-corrected chi connectivity index (χ2v) is 6.73. The molecular formula is C8H12ClNO2S2. The molecule has 1 heterocycles. The lowest BCUT2D eigenvalue weighted by atomic mass is 10.4. The van der Waals surface area contributed by atoms with Crippen LogP contribution in [0.15, 0.2) is 11.4 Å². The van der Waals surface area contributed by atoms with Crippen molar-refractivity contribution < 1.29 is 8.42 Å². The van der Waals surface area contributed by atoms with Crippen molar-refractivity contribution in [3.63, 3.8) is 0 Å². The molecule has 3 nitrogen and oxygen atoms in total. The molecule has 0 spiro atoms. The maximum Gasteiger partial charge on any atom is 0.148 e. The van der Waals surface area contributed by atoms with Crippen molar-refractivity contribution in [2.75, 3.05) is 18.6 Å². The number of thiophene rings is 1. The van der Waals surface area contributed by atoms with Gasteiger partial charge in [0.05, 0.1) is 10.8 Å². The van der Waals surface area contributed by atoms with Crippen molar-refractivity contribution in [1.82, 2.24) is 5.32 Å². The fourth-order valence-electron chi connectivity index (χ4n) is 0.916. The normalized spacial score (nSPS) is 11.9.